The first-order valence-corrected chi connectivity index (χ1v) is 18.2. The monoisotopic (exact) mass is 722 g/mol. The zero-order chi connectivity index (χ0) is 35.9. The van der Waals surface area contributed by atoms with Gasteiger partial charge in [0.2, 0.25) is 0 Å². The molecule has 0 radical (unpaired) electrons. The Kier molecular flexibility index (Phi) is 8.19. The maximum Gasteiger partial charge on any atom is 0.276 e. The highest BCUT2D eigenvalue weighted by atomic mass is 35.5. The molecule has 0 bridgehead atoms. The minimum absolute atomic E-state index is 0.119. The molecular formula is C40H40Cl2N6O3. The number of nitrogens with one attached hydrogen (secondary N) is 1. The summed E-state index contributed by atoms with van der Waals surface area (Å²) in [6.07, 6.45) is 1.30. The fraction of sp³-hybridized carbons (Fsp3) is 0.325. The first-order valence-electron chi connectivity index (χ1n) is 17.4. The summed E-state index contributed by atoms with van der Waals surface area (Å²) in [6.45, 7) is 11.7. The van der Waals surface area contributed by atoms with E-state index in [4.69, 9.17) is 33.0 Å². The number of carbonyl (C=O) groups is 2. The Morgan fingerprint density at radius 1 is 1.00 bits per heavy atom. The first-order chi connectivity index (χ1) is 24.5. The van der Waals surface area contributed by atoms with E-state index in [1.165, 1.54) is 0 Å². The van der Waals surface area contributed by atoms with Crippen molar-refractivity contribution >= 4 is 62.5 Å². The summed E-state index contributed by atoms with van der Waals surface area (Å²) in [6, 6.07) is 17.7. The van der Waals surface area contributed by atoms with Crippen molar-refractivity contribution in [3.05, 3.63) is 99.1 Å². The van der Waals surface area contributed by atoms with E-state index in [0.29, 0.717) is 49.6 Å². The molecule has 1 unspecified atom stereocenters. The summed E-state index contributed by atoms with van der Waals surface area (Å²) < 4.78 is 12.3. The number of para-hydroxylation sites is 2. The molecule has 262 valence electrons. The second-order valence-corrected chi connectivity index (χ2v) is 14.7. The normalized spacial score (nSPS) is 17.3. The van der Waals surface area contributed by atoms with Gasteiger partial charge in [-0.3, -0.25) is 19.2 Å². The molecule has 11 heteroatoms. The van der Waals surface area contributed by atoms with Crippen LogP contribution >= 0.6 is 23.2 Å². The number of amides is 2. The topological polar surface area (TPSA) is 86.3 Å². The molecule has 3 aromatic carbocycles. The van der Waals surface area contributed by atoms with E-state index >= 15 is 4.79 Å². The van der Waals surface area contributed by atoms with Crippen molar-refractivity contribution in [2.45, 2.75) is 65.5 Å². The zero-order valence-electron chi connectivity index (χ0n) is 29.6. The minimum Gasteiger partial charge on any atom is -0.494 e. The number of aryl methyl sites for hydroxylation is 5. The average Bonchev–Trinajstić information content (AvgIpc) is 3.74. The van der Waals surface area contributed by atoms with Crippen LogP contribution in [-0.2, 0) is 20.0 Å². The van der Waals surface area contributed by atoms with Crippen LogP contribution in [0.15, 0.2) is 54.6 Å². The Hall–Kier alpha value is -4.73. The second kappa shape index (κ2) is 12.5. The van der Waals surface area contributed by atoms with Gasteiger partial charge < -0.3 is 19.2 Å². The summed E-state index contributed by atoms with van der Waals surface area (Å²) in [4.78, 5) is 29.7. The highest BCUT2D eigenvalue weighted by Gasteiger charge is 2.42. The number of rotatable bonds is 7. The third-order valence-corrected chi connectivity index (χ3v) is 11.8. The smallest absolute Gasteiger partial charge is 0.276 e. The van der Waals surface area contributed by atoms with Gasteiger partial charge in [-0.25, -0.2) is 0 Å². The molecule has 2 amide bonds. The number of nitrogens with zero attached hydrogens (tertiary/aromatic N) is 5. The standard InChI is InChI=1S/C40H40Cl2N6O3/c1-21-18-27(19-22(2)34(21)41)51-17-9-13-29-28-11-8-12-30(33-23(3)44-45(6)24(33)4)36(28)47-25(5)38(42)48(40(50)37(29)47)31-14-7-10-26-20-32-39(49)43-15-16-46(32)35(26)31/h7-8,10-12,14,18-20,25,38H,9,13,15-17H2,1-6H3,(H,43,49)/t25?,38-/m0/s1. The van der Waals surface area contributed by atoms with Crippen molar-refractivity contribution < 1.29 is 14.3 Å². The number of hydrogen-bond donors (Lipinski definition) is 1. The number of ether oxygens (including phenoxy) is 1. The Bertz CT molecular complexity index is 2400. The van der Waals surface area contributed by atoms with Crippen LogP contribution in [0.3, 0.4) is 0 Å². The van der Waals surface area contributed by atoms with Gasteiger partial charge in [-0.2, -0.15) is 5.10 Å². The number of halogens is 2. The fourth-order valence-electron chi connectivity index (χ4n) is 8.22. The number of aromatic nitrogens is 4. The Balaban J connectivity index is 1.28. The quantitative estimate of drug-likeness (QED) is 0.102. The van der Waals surface area contributed by atoms with Gasteiger partial charge in [-0.05, 0) is 88.4 Å². The summed E-state index contributed by atoms with van der Waals surface area (Å²) >= 11 is 13.8. The van der Waals surface area contributed by atoms with E-state index in [0.717, 1.165) is 71.8 Å². The van der Waals surface area contributed by atoms with E-state index in [9.17, 15) is 4.79 Å². The van der Waals surface area contributed by atoms with Gasteiger partial charge in [0.15, 0.2) is 0 Å². The maximum absolute atomic E-state index is 15.2. The fourth-order valence-corrected chi connectivity index (χ4v) is 8.63. The molecule has 2 aliphatic rings. The lowest BCUT2D eigenvalue weighted by Crippen LogP contribution is -2.48. The maximum atomic E-state index is 15.2. The highest BCUT2D eigenvalue weighted by molar-refractivity contribution is 6.32. The van der Waals surface area contributed by atoms with Crippen molar-refractivity contribution in [1.82, 2.24) is 24.2 Å². The molecule has 1 N–H and O–H groups in total. The Morgan fingerprint density at radius 3 is 2.47 bits per heavy atom. The van der Waals surface area contributed by atoms with Gasteiger partial charge in [0.05, 0.1) is 35.1 Å². The third kappa shape index (κ3) is 5.15. The number of alkyl halides is 1. The Labute approximate surface area is 306 Å². The number of anilines is 1. The van der Waals surface area contributed by atoms with Gasteiger partial charge in [0, 0.05) is 52.8 Å². The van der Waals surface area contributed by atoms with Crippen LogP contribution in [0, 0.1) is 27.7 Å². The van der Waals surface area contributed by atoms with Gasteiger partial charge in [0.25, 0.3) is 11.8 Å². The van der Waals surface area contributed by atoms with Gasteiger partial charge in [-0.15, -0.1) is 0 Å². The summed E-state index contributed by atoms with van der Waals surface area (Å²) in [5.74, 6) is 0.491. The first kappa shape index (κ1) is 33.4. The molecule has 2 aliphatic heterocycles. The van der Waals surface area contributed by atoms with Crippen LogP contribution in [0.2, 0.25) is 5.02 Å². The van der Waals surface area contributed by atoms with Crippen molar-refractivity contribution in [3.63, 3.8) is 0 Å². The molecule has 0 aliphatic carbocycles. The molecule has 0 fully saturated rings. The molecule has 0 saturated carbocycles. The van der Waals surface area contributed by atoms with Gasteiger partial charge >= 0.3 is 0 Å². The molecule has 3 aromatic heterocycles. The van der Waals surface area contributed by atoms with E-state index in [2.05, 4.69) is 41.9 Å². The molecule has 6 aromatic rings. The summed E-state index contributed by atoms with van der Waals surface area (Å²) in [5, 5.41) is 10.3. The number of fused-ring (bicyclic) bond motifs is 6. The van der Waals surface area contributed by atoms with E-state index in [-0.39, 0.29) is 17.9 Å². The number of benzene rings is 3. The van der Waals surface area contributed by atoms with Crippen molar-refractivity contribution in [1.29, 1.82) is 0 Å². The number of carbonyl (C=O) groups excluding carboxylic acids is 2. The van der Waals surface area contributed by atoms with Crippen LogP contribution in [0.1, 0.15) is 68.4 Å². The van der Waals surface area contributed by atoms with Crippen molar-refractivity contribution in [2.24, 2.45) is 7.05 Å². The third-order valence-electron chi connectivity index (χ3n) is 10.6. The number of hydrogen-bond acceptors (Lipinski definition) is 4. The van der Waals surface area contributed by atoms with Crippen LogP contribution in [0.25, 0.3) is 32.9 Å². The molecule has 51 heavy (non-hydrogen) atoms. The average molecular weight is 724 g/mol. The SMILES string of the molecule is Cc1cc(OCCCc2c3n(c4c(-c5c(C)nn(C)c5C)cccc24)C(C)[C@@H](Cl)N(c2cccc4cc5n(c24)CCNC5=O)C3=O)cc(C)c1Cl. The van der Waals surface area contributed by atoms with E-state index < -0.39 is 5.50 Å². The molecule has 2 atom stereocenters. The van der Waals surface area contributed by atoms with Gasteiger partial charge in [-0.1, -0.05) is 53.5 Å². The van der Waals surface area contributed by atoms with E-state index in [1.54, 1.807) is 4.90 Å². The minimum atomic E-state index is -0.702. The molecule has 8 rings (SSSR count). The largest absolute Gasteiger partial charge is 0.494 e. The molecule has 5 heterocycles. The lowest BCUT2D eigenvalue weighted by atomic mass is 9.98. The molecular weight excluding hydrogens is 683 g/mol. The molecule has 0 spiro atoms. The van der Waals surface area contributed by atoms with Gasteiger partial charge in [0.1, 0.15) is 22.6 Å². The predicted molar refractivity (Wildman–Crippen MR) is 204 cm³/mol. The molecule has 9 nitrogen and oxygen atoms in total. The zero-order valence-corrected chi connectivity index (χ0v) is 31.1. The molecule has 0 saturated heterocycles. The van der Waals surface area contributed by atoms with Crippen molar-refractivity contribution in [3.8, 4) is 16.9 Å². The van der Waals surface area contributed by atoms with Crippen LogP contribution in [0.5, 0.6) is 5.75 Å². The predicted octanol–water partition coefficient (Wildman–Crippen LogP) is 8.42. The van der Waals surface area contributed by atoms with Crippen molar-refractivity contribution in [2.75, 3.05) is 18.1 Å². The summed E-state index contributed by atoms with van der Waals surface area (Å²) in [7, 11) is 1.96. The van der Waals surface area contributed by atoms with E-state index in [1.807, 2.05) is 73.5 Å². The Morgan fingerprint density at radius 2 is 1.75 bits per heavy atom. The lowest BCUT2D eigenvalue weighted by Gasteiger charge is -2.39. The highest BCUT2D eigenvalue weighted by Crippen LogP contribution is 2.46. The lowest BCUT2D eigenvalue weighted by molar-refractivity contribution is 0.0927. The van der Waals surface area contributed by atoms with Crippen LogP contribution in [-0.4, -0.2) is 49.4 Å². The second-order valence-electron chi connectivity index (χ2n) is 13.8. The van der Waals surface area contributed by atoms with Crippen LogP contribution < -0.4 is 15.0 Å². The van der Waals surface area contributed by atoms with Crippen LogP contribution in [0.4, 0.5) is 5.69 Å². The summed E-state index contributed by atoms with van der Waals surface area (Å²) in [5.41, 5.74) is 9.99.